The van der Waals surface area contributed by atoms with Crippen molar-refractivity contribution in [2.75, 3.05) is 0 Å². The fourth-order valence-corrected chi connectivity index (χ4v) is 0. The van der Waals surface area contributed by atoms with Gasteiger partial charge in [0.25, 0.3) is 0 Å². The monoisotopic (exact) mass is 724 g/mol. The summed E-state index contributed by atoms with van der Waals surface area (Å²) in [6.07, 6.45) is 0. The van der Waals surface area contributed by atoms with E-state index in [0.717, 1.165) is 0 Å². The average Bonchev–Trinajstić information content (AvgIpc) is 2.32. The molecule has 0 aromatic rings. The zero-order valence-corrected chi connectivity index (χ0v) is 23.1. The number of carboxylic acids is 3. The molecule has 0 radical (unpaired) electrons. The first kappa shape index (κ1) is 43.5. The molecule has 0 heterocycles. The molecule has 0 atom stereocenters. The molecule has 0 aliphatic rings. The molecule has 0 aromatic carbocycles. The van der Waals surface area contributed by atoms with Crippen LogP contribution in [0.25, 0.3) is 0 Å². The molecule has 10 heteroatoms. The number of halogens is 3. The van der Waals surface area contributed by atoms with Crippen LogP contribution >= 0.6 is 50.9 Å². The third-order valence-corrected chi connectivity index (χ3v) is 1.10. The van der Waals surface area contributed by atoms with Crippen molar-refractivity contribution in [3.8, 4) is 0 Å². The van der Waals surface area contributed by atoms with Gasteiger partial charge in [0.1, 0.15) is 0 Å². The Labute approximate surface area is 183 Å². The normalized spacial score (nSPS) is 6.13. The van der Waals surface area contributed by atoms with Gasteiger partial charge in [0.05, 0.1) is 0 Å². The van der Waals surface area contributed by atoms with Crippen LogP contribution in [-0.4, -0.2) is 57.9 Å². The number of carbonyl (C=O) groups is 3. The molecule has 0 fully saturated rings. The molecule has 0 amide bonds. The molecule has 0 saturated heterocycles. The predicted octanol–water partition coefficient (Wildman–Crippen LogP) is 3.34. The van der Waals surface area contributed by atoms with E-state index in [-0.39, 0.29) is 67.7 Å². The fourth-order valence-electron chi connectivity index (χ4n) is 0. The summed E-state index contributed by atoms with van der Waals surface area (Å²) in [5.74, 6) is -2.81. The number of hydrogen-bond acceptors (Lipinski definition) is 3. The van der Waals surface area contributed by atoms with Crippen LogP contribution in [0.15, 0.2) is 36.5 Å². The van der Waals surface area contributed by atoms with Crippen molar-refractivity contribution in [2.24, 2.45) is 0 Å². The van der Waals surface area contributed by atoms with Gasteiger partial charge in [0.2, 0.25) is 0 Å². The summed E-state index contributed by atoms with van der Waals surface area (Å²) in [6.45, 7) is 13.8. The molecule has 0 unspecified atom stereocenters. The van der Waals surface area contributed by atoms with Gasteiger partial charge in [0.15, 0.2) is 0 Å². The van der Waals surface area contributed by atoms with Crippen molar-refractivity contribution in [1.82, 2.24) is 0 Å². The maximum atomic E-state index is 9.60. The minimum atomic E-state index is -0.935. The van der Waals surface area contributed by atoms with Gasteiger partial charge in [-0.25, -0.2) is 14.4 Å². The van der Waals surface area contributed by atoms with E-state index in [1.165, 1.54) is 45.5 Å². The Balaban J connectivity index is -0.0000000298. The summed E-state index contributed by atoms with van der Waals surface area (Å²) in [7, 11) is 0. The molecule has 0 bridgehead atoms. The van der Waals surface area contributed by atoms with E-state index in [2.05, 4.69) is 24.4 Å². The molecule has 0 saturated carbocycles. The second kappa shape index (κ2) is 29.9. The van der Waals surface area contributed by atoms with Crippen molar-refractivity contribution >= 4 is 93.6 Å². The Morgan fingerprint density at radius 3 is 0.652 bits per heavy atom. The standard InChI is InChI=1S/3C4H6O2.CH3.Bi.3BrH.2H/c3*1-3(2)4(5)6;;;;;;;/h3*1H2,2H3,(H,5,6);1H3;;3*1H;;. The molecule has 0 rings (SSSR count). The van der Waals surface area contributed by atoms with E-state index in [1.807, 2.05) is 0 Å². The Bertz CT molecular complexity index is 291. The minimum absolute atomic E-state index is 0. The molecule has 3 N–H and O–H groups in total. The number of rotatable bonds is 3. The Kier molecular flexibility index (Phi) is 56.5. The molecule has 0 aliphatic carbocycles. The first-order chi connectivity index (χ1) is 8.93. The van der Waals surface area contributed by atoms with E-state index in [0.29, 0.717) is 0 Å². The summed E-state index contributed by atoms with van der Waals surface area (Å²) >= 11 is 1.17. The zero-order chi connectivity index (χ0) is 17.5. The van der Waals surface area contributed by atoms with Crippen LogP contribution in [0, 0.1) is 0 Å². The topological polar surface area (TPSA) is 112 Å². The summed E-state index contributed by atoms with van der Waals surface area (Å²) in [5.41, 5.74) is 0.528. The molecule has 6 nitrogen and oxygen atoms in total. The van der Waals surface area contributed by atoms with Crippen molar-refractivity contribution in [2.45, 2.75) is 25.4 Å². The van der Waals surface area contributed by atoms with Crippen LogP contribution in [-0.2, 0) is 14.4 Å². The van der Waals surface area contributed by atoms with Gasteiger partial charge in [0, 0.05) is 16.7 Å². The van der Waals surface area contributed by atoms with Crippen molar-refractivity contribution in [3.05, 3.63) is 36.5 Å². The Hall–Kier alpha value is -0.0469. The second-order valence-electron chi connectivity index (χ2n) is 3.26. The third-order valence-electron chi connectivity index (χ3n) is 1.10. The van der Waals surface area contributed by atoms with Gasteiger partial charge >= 0.3 is 47.3 Å². The van der Waals surface area contributed by atoms with E-state index in [4.69, 9.17) is 15.3 Å². The van der Waals surface area contributed by atoms with Crippen molar-refractivity contribution < 1.29 is 29.7 Å². The van der Waals surface area contributed by atoms with Crippen LogP contribution < -0.4 is 0 Å². The number of aliphatic carboxylic acids is 3. The molecule has 0 spiro atoms. The van der Waals surface area contributed by atoms with Gasteiger partial charge in [-0.05, 0) is 20.8 Å². The summed E-state index contributed by atoms with van der Waals surface area (Å²) < 4.78 is 2.17. The van der Waals surface area contributed by atoms with Gasteiger partial charge in [-0.15, -0.1) is 50.9 Å². The SMILES string of the molecule is Br.Br.Br.C=C(C)C(=O)O.C=C(C)C(=O)O.C=C(C)C(=O)O.[CH3][BiH2]. The van der Waals surface area contributed by atoms with Gasteiger partial charge < -0.3 is 15.3 Å². The van der Waals surface area contributed by atoms with Crippen LogP contribution in [0.4, 0.5) is 0 Å². The maximum absolute atomic E-state index is 9.60. The predicted molar refractivity (Wildman–Crippen MR) is 113 cm³/mol. The second-order valence-corrected chi connectivity index (χ2v) is 3.26. The quantitative estimate of drug-likeness (QED) is 0.304. The van der Waals surface area contributed by atoms with Gasteiger partial charge in [-0.1, -0.05) is 19.7 Å². The first-order valence-electron chi connectivity index (χ1n) is 5.17. The zero-order valence-electron chi connectivity index (χ0n) is 13.5. The van der Waals surface area contributed by atoms with Crippen LogP contribution in [0.5, 0.6) is 0 Å². The first-order valence-corrected chi connectivity index (χ1v) is 9.66. The van der Waals surface area contributed by atoms with Crippen molar-refractivity contribution in [1.29, 1.82) is 0 Å². The van der Waals surface area contributed by atoms with Crippen molar-refractivity contribution in [3.63, 3.8) is 0 Å². The Morgan fingerprint density at radius 2 is 0.652 bits per heavy atom. The summed E-state index contributed by atoms with van der Waals surface area (Å²) in [6, 6.07) is 0. The average molecular weight is 727 g/mol. The van der Waals surface area contributed by atoms with E-state index in [9.17, 15) is 14.4 Å². The van der Waals surface area contributed by atoms with Crippen LogP contribution in [0.2, 0.25) is 4.63 Å². The number of hydrogen-bond donors (Lipinski definition) is 3. The molecular weight excluding hydrogens is 701 g/mol. The van der Waals surface area contributed by atoms with E-state index < -0.39 is 17.9 Å². The Morgan fingerprint density at radius 1 is 0.609 bits per heavy atom. The summed E-state index contributed by atoms with van der Waals surface area (Å²) in [4.78, 5) is 28.8. The van der Waals surface area contributed by atoms with Gasteiger partial charge in [-0.3, -0.25) is 0 Å². The molecular formula is C13H26BiBr3O6. The summed E-state index contributed by atoms with van der Waals surface area (Å²) in [5, 5.41) is 23.7. The molecule has 0 aromatic heterocycles. The van der Waals surface area contributed by atoms with Gasteiger partial charge in [-0.2, -0.15) is 0 Å². The molecule has 23 heavy (non-hydrogen) atoms. The van der Waals surface area contributed by atoms with Crippen LogP contribution in [0.1, 0.15) is 20.8 Å². The number of carboxylic acid groups (broad SMARTS) is 3. The van der Waals surface area contributed by atoms with E-state index >= 15 is 0 Å². The molecule has 140 valence electrons. The molecule has 0 aliphatic heterocycles. The third kappa shape index (κ3) is 61.2. The van der Waals surface area contributed by atoms with E-state index in [1.54, 1.807) is 0 Å². The fraction of sp³-hybridized carbons (Fsp3) is 0.308. The van der Waals surface area contributed by atoms with Crippen LogP contribution in [0.3, 0.4) is 0 Å².